The number of thioether (sulfide) groups is 1. The standard InChI is InChI=1S/C22H24ClN3O4S3/c1-14-7-9-15(10-8-14)24-19(27)13-17-21(28)26(16-5-3-2-4-6-16)22(31-17)25-33(29,30)20-12-11-18(23)32-20/h7-12,16-17H,2-6,13H2,1H3,(H,24,27). The number of amides is 2. The number of amidine groups is 1. The number of anilines is 1. The largest absolute Gasteiger partial charge is 0.326 e. The summed E-state index contributed by atoms with van der Waals surface area (Å²) in [6, 6.07) is 10.2. The topological polar surface area (TPSA) is 95.9 Å². The molecule has 0 bridgehead atoms. The Morgan fingerprint density at radius 3 is 2.48 bits per heavy atom. The zero-order valence-electron chi connectivity index (χ0n) is 18.0. The van der Waals surface area contributed by atoms with Crippen LogP contribution in [0.25, 0.3) is 0 Å². The van der Waals surface area contributed by atoms with E-state index in [2.05, 4.69) is 9.71 Å². The summed E-state index contributed by atoms with van der Waals surface area (Å²) < 4.78 is 30.1. The molecule has 0 radical (unpaired) electrons. The maximum absolute atomic E-state index is 13.3. The minimum Gasteiger partial charge on any atom is -0.326 e. The van der Waals surface area contributed by atoms with Crippen molar-refractivity contribution >= 4 is 67.4 Å². The third-order valence-corrected chi connectivity index (χ3v) is 9.85. The van der Waals surface area contributed by atoms with E-state index in [0.717, 1.165) is 60.8 Å². The summed E-state index contributed by atoms with van der Waals surface area (Å²) in [4.78, 5) is 27.5. The van der Waals surface area contributed by atoms with Crippen molar-refractivity contribution in [3.05, 3.63) is 46.3 Å². The normalized spacial score (nSPS) is 21.0. The number of aryl methyl sites for hydroxylation is 1. The Balaban J connectivity index is 1.56. The van der Waals surface area contributed by atoms with Crippen molar-refractivity contribution in [3.8, 4) is 0 Å². The number of carbonyl (C=O) groups excluding carboxylic acids is 2. The van der Waals surface area contributed by atoms with E-state index in [-0.39, 0.29) is 33.7 Å². The Labute approximate surface area is 206 Å². The molecule has 1 saturated heterocycles. The molecule has 2 amide bonds. The van der Waals surface area contributed by atoms with Gasteiger partial charge in [-0.3, -0.25) is 14.5 Å². The Bertz CT molecular complexity index is 1170. The molecule has 1 saturated carbocycles. The highest BCUT2D eigenvalue weighted by atomic mass is 35.5. The molecule has 4 rings (SSSR count). The predicted molar refractivity (Wildman–Crippen MR) is 133 cm³/mol. The first-order valence-electron chi connectivity index (χ1n) is 10.7. The fourth-order valence-electron chi connectivity index (χ4n) is 3.96. The summed E-state index contributed by atoms with van der Waals surface area (Å²) in [5.74, 6) is -0.563. The summed E-state index contributed by atoms with van der Waals surface area (Å²) in [5.41, 5.74) is 1.72. The fourth-order valence-corrected chi connectivity index (χ4v) is 7.82. The van der Waals surface area contributed by atoms with Crippen molar-refractivity contribution in [3.63, 3.8) is 0 Å². The van der Waals surface area contributed by atoms with Gasteiger partial charge in [0.15, 0.2) is 5.17 Å². The van der Waals surface area contributed by atoms with Crippen LogP contribution in [0.1, 0.15) is 44.1 Å². The lowest BCUT2D eigenvalue weighted by Gasteiger charge is -2.30. The molecule has 1 aliphatic carbocycles. The number of nitrogens with zero attached hydrogens (tertiary/aromatic N) is 2. The van der Waals surface area contributed by atoms with E-state index in [1.165, 1.54) is 17.0 Å². The van der Waals surface area contributed by atoms with E-state index in [0.29, 0.717) is 10.0 Å². The van der Waals surface area contributed by atoms with E-state index in [1.54, 1.807) is 12.1 Å². The minimum atomic E-state index is -4.02. The lowest BCUT2D eigenvalue weighted by Crippen LogP contribution is -2.42. The molecule has 2 heterocycles. The van der Waals surface area contributed by atoms with Crippen LogP contribution in [0.15, 0.2) is 45.0 Å². The lowest BCUT2D eigenvalue weighted by atomic mass is 9.94. The summed E-state index contributed by atoms with van der Waals surface area (Å²) in [5, 5.41) is 2.23. The number of halogens is 1. The van der Waals surface area contributed by atoms with Gasteiger partial charge in [0.25, 0.3) is 10.0 Å². The number of hydrogen-bond donors (Lipinski definition) is 1. The molecular formula is C22H24ClN3O4S3. The van der Waals surface area contributed by atoms with Crippen LogP contribution >= 0.6 is 34.7 Å². The Hall–Kier alpha value is -1.88. The highest BCUT2D eigenvalue weighted by molar-refractivity contribution is 8.16. The summed E-state index contributed by atoms with van der Waals surface area (Å²) in [6.07, 6.45) is 4.55. The zero-order valence-corrected chi connectivity index (χ0v) is 21.2. The van der Waals surface area contributed by atoms with Gasteiger partial charge in [-0.25, -0.2) is 0 Å². The molecule has 2 fully saturated rings. The van der Waals surface area contributed by atoms with Gasteiger partial charge in [-0.2, -0.15) is 8.42 Å². The smallest absolute Gasteiger partial charge is 0.294 e. The number of benzene rings is 1. The average molecular weight is 526 g/mol. The van der Waals surface area contributed by atoms with Gasteiger partial charge in [0.05, 0.1) is 4.34 Å². The van der Waals surface area contributed by atoms with Crippen LogP contribution in [0.4, 0.5) is 5.69 Å². The van der Waals surface area contributed by atoms with Crippen LogP contribution < -0.4 is 5.32 Å². The van der Waals surface area contributed by atoms with Crippen molar-refractivity contribution in [2.75, 3.05) is 5.32 Å². The molecule has 11 heteroatoms. The number of hydrogen-bond acceptors (Lipinski definition) is 6. The van der Waals surface area contributed by atoms with Gasteiger partial charge in [-0.1, -0.05) is 60.3 Å². The molecular weight excluding hydrogens is 502 g/mol. The average Bonchev–Trinajstić information content (AvgIpc) is 3.34. The molecule has 7 nitrogen and oxygen atoms in total. The quantitative estimate of drug-likeness (QED) is 0.568. The molecule has 1 aromatic heterocycles. The van der Waals surface area contributed by atoms with Gasteiger partial charge in [-0.15, -0.1) is 15.7 Å². The first kappa shape index (κ1) is 24.3. The molecule has 1 aliphatic heterocycles. The number of thiophene rings is 1. The fraction of sp³-hybridized carbons (Fsp3) is 0.409. The minimum absolute atomic E-state index is 0.0252. The zero-order chi connectivity index (χ0) is 23.6. The number of sulfonamides is 1. The second-order valence-corrected chi connectivity index (χ2v) is 12.8. The van der Waals surface area contributed by atoms with Crippen LogP contribution in [0.3, 0.4) is 0 Å². The summed E-state index contributed by atoms with van der Waals surface area (Å²) in [6.45, 7) is 1.96. The van der Waals surface area contributed by atoms with Crippen LogP contribution in [0.2, 0.25) is 4.34 Å². The molecule has 2 aliphatic rings. The Morgan fingerprint density at radius 1 is 1.15 bits per heavy atom. The highest BCUT2D eigenvalue weighted by Crippen LogP contribution is 2.37. The van der Waals surface area contributed by atoms with Crippen molar-refractivity contribution in [2.45, 2.75) is 60.9 Å². The molecule has 1 aromatic carbocycles. The van der Waals surface area contributed by atoms with Gasteiger partial charge >= 0.3 is 0 Å². The third-order valence-electron chi connectivity index (χ3n) is 5.61. The Kier molecular flexibility index (Phi) is 7.47. The van der Waals surface area contributed by atoms with Gasteiger partial charge in [0, 0.05) is 18.2 Å². The SMILES string of the molecule is Cc1ccc(NC(=O)CC2SC(=NS(=O)(=O)c3ccc(Cl)s3)N(C3CCCCC3)C2=O)cc1. The second kappa shape index (κ2) is 10.2. The van der Waals surface area contributed by atoms with Gasteiger partial charge in [0.1, 0.15) is 9.46 Å². The Morgan fingerprint density at radius 2 is 1.85 bits per heavy atom. The second-order valence-electron chi connectivity index (χ2n) is 8.13. The van der Waals surface area contributed by atoms with Crippen LogP contribution in [-0.2, 0) is 19.6 Å². The number of carbonyl (C=O) groups is 2. The maximum atomic E-state index is 13.3. The van der Waals surface area contributed by atoms with E-state index in [1.807, 2.05) is 19.1 Å². The van der Waals surface area contributed by atoms with E-state index >= 15 is 0 Å². The van der Waals surface area contributed by atoms with Gasteiger partial charge < -0.3 is 5.32 Å². The first-order valence-corrected chi connectivity index (χ1v) is 14.2. The molecule has 33 heavy (non-hydrogen) atoms. The van der Waals surface area contributed by atoms with Crippen molar-refractivity contribution in [1.29, 1.82) is 0 Å². The number of nitrogens with one attached hydrogen (secondary N) is 1. The van der Waals surface area contributed by atoms with Gasteiger partial charge in [0.2, 0.25) is 11.8 Å². The van der Waals surface area contributed by atoms with Crippen LogP contribution in [-0.4, -0.2) is 41.6 Å². The number of rotatable bonds is 6. The molecule has 1 unspecified atom stereocenters. The van der Waals surface area contributed by atoms with Crippen molar-refractivity contribution < 1.29 is 18.0 Å². The van der Waals surface area contributed by atoms with Crippen LogP contribution in [0.5, 0.6) is 0 Å². The van der Waals surface area contributed by atoms with E-state index in [9.17, 15) is 18.0 Å². The summed E-state index contributed by atoms with van der Waals surface area (Å²) >= 11 is 7.87. The van der Waals surface area contributed by atoms with Gasteiger partial charge in [-0.05, 0) is 44.0 Å². The van der Waals surface area contributed by atoms with E-state index in [4.69, 9.17) is 11.6 Å². The maximum Gasteiger partial charge on any atom is 0.294 e. The molecule has 1 atom stereocenters. The highest BCUT2D eigenvalue weighted by Gasteiger charge is 2.43. The monoisotopic (exact) mass is 525 g/mol. The molecule has 176 valence electrons. The van der Waals surface area contributed by atoms with Crippen molar-refractivity contribution in [2.24, 2.45) is 4.40 Å². The van der Waals surface area contributed by atoms with E-state index < -0.39 is 15.3 Å². The molecule has 1 N–H and O–H groups in total. The lowest BCUT2D eigenvalue weighted by molar-refractivity contribution is -0.130. The first-order chi connectivity index (χ1) is 15.7. The molecule has 0 spiro atoms. The van der Waals surface area contributed by atoms with Crippen LogP contribution in [0, 0.1) is 6.92 Å². The van der Waals surface area contributed by atoms with Crippen molar-refractivity contribution in [1.82, 2.24) is 4.90 Å². The third kappa shape index (κ3) is 5.79. The summed E-state index contributed by atoms with van der Waals surface area (Å²) in [7, 11) is -4.02. The molecule has 2 aromatic rings. The predicted octanol–water partition coefficient (Wildman–Crippen LogP) is 5.06.